The number of hydrogen-bond donors (Lipinski definition) is 1. The van der Waals surface area contributed by atoms with E-state index >= 15 is 0 Å². The lowest BCUT2D eigenvalue weighted by Gasteiger charge is -2.14. The molecule has 35 heavy (non-hydrogen) atoms. The molecule has 5 rings (SSSR count). The van der Waals surface area contributed by atoms with Crippen LogP contribution in [0, 0.1) is 0 Å². The molecule has 0 bridgehead atoms. The average Bonchev–Trinajstić information content (AvgIpc) is 3.51. The predicted octanol–water partition coefficient (Wildman–Crippen LogP) is 2.22. The van der Waals surface area contributed by atoms with Crippen LogP contribution >= 0.6 is 0 Å². The minimum absolute atomic E-state index is 0.0634. The topological polar surface area (TPSA) is 125 Å². The number of para-hydroxylation sites is 1. The predicted molar refractivity (Wildman–Crippen MR) is 116 cm³/mol. The van der Waals surface area contributed by atoms with Crippen LogP contribution in [0.15, 0.2) is 72.3 Å². The summed E-state index contributed by atoms with van der Waals surface area (Å²) in [7, 11) is 0. The minimum Gasteiger partial charge on any atom is -0.323 e. The number of benzene rings is 2. The van der Waals surface area contributed by atoms with Crippen molar-refractivity contribution >= 4 is 22.8 Å². The van der Waals surface area contributed by atoms with E-state index < -0.39 is 29.8 Å². The third kappa shape index (κ3) is 4.23. The summed E-state index contributed by atoms with van der Waals surface area (Å²) in [6.07, 6.45) is -1.00. The second-order valence-corrected chi connectivity index (χ2v) is 7.30. The number of aromatic nitrogens is 8. The Balaban J connectivity index is 1.44. The minimum atomic E-state index is -4.63. The zero-order valence-electron chi connectivity index (χ0n) is 17.6. The van der Waals surface area contributed by atoms with Gasteiger partial charge in [-0.05, 0) is 30.3 Å². The monoisotopic (exact) mass is 481 g/mol. The number of carbonyl (C=O) groups excluding carboxylic acids is 1. The van der Waals surface area contributed by atoms with Gasteiger partial charge in [-0.2, -0.15) is 23.0 Å². The fourth-order valence-corrected chi connectivity index (χ4v) is 3.39. The van der Waals surface area contributed by atoms with E-state index in [0.717, 1.165) is 29.1 Å². The van der Waals surface area contributed by atoms with Gasteiger partial charge in [0.2, 0.25) is 5.91 Å². The van der Waals surface area contributed by atoms with E-state index in [0.29, 0.717) is 5.69 Å². The van der Waals surface area contributed by atoms with Crippen LogP contribution in [0.2, 0.25) is 0 Å². The number of amides is 1. The molecule has 176 valence electrons. The van der Waals surface area contributed by atoms with Gasteiger partial charge < -0.3 is 5.32 Å². The van der Waals surface area contributed by atoms with Crippen molar-refractivity contribution in [2.75, 3.05) is 5.32 Å². The first kappa shape index (κ1) is 21.9. The second-order valence-electron chi connectivity index (χ2n) is 7.30. The van der Waals surface area contributed by atoms with Crippen molar-refractivity contribution < 1.29 is 18.0 Å². The van der Waals surface area contributed by atoms with Gasteiger partial charge in [0, 0.05) is 0 Å². The highest BCUT2D eigenvalue weighted by Crippen LogP contribution is 2.33. The molecule has 0 atom stereocenters. The van der Waals surface area contributed by atoms with Crippen molar-refractivity contribution in [1.29, 1.82) is 0 Å². The molecular formula is C21H14F3N9O2. The molecule has 0 fully saturated rings. The Morgan fingerprint density at radius 3 is 2.57 bits per heavy atom. The summed E-state index contributed by atoms with van der Waals surface area (Å²) in [6, 6.07) is 11.7. The molecule has 3 aromatic heterocycles. The lowest BCUT2D eigenvalue weighted by atomic mass is 10.1. The first-order valence-electron chi connectivity index (χ1n) is 10.0. The maximum atomic E-state index is 13.2. The number of halogens is 3. The Morgan fingerprint density at radius 1 is 1.06 bits per heavy atom. The van der Waals surface area contributed by atoms with Crippen molar-refractivity contribution in [2.45, 2.75) is 12.7 Å². The van der Waals surface area contributed by atoms with Crippen LogP contribution < -0.4 is 10.9 Å². The Labute approximate surface area is 193 Å². The number of hydrogen-bond acceptors (Lipinski definition) is 7. The Morgan fingerprint density at radius 2 is 1.86 bits per heavy atom. The lowest BCUT2D eigenvalue weighted by Crippen LogP contribution is -2.28. The van der Waals surface area contributed by atoms with Crippen LogP contribution in [0.5, 0.6) is 0 Å². The summed E-state index contributed by atoms with van der Waals surface area (Å²) in [4.78, 5) is 33.5. The van der Waals surface area contributed by atoms with E-state index in [1.54, 1.807) is 24.3 Å². The number of carbonyl (C=O) groups is 1. The summed E-state index contributed by atoms with van der Waals surface area (Å²) in [5.41, 5.74) is -0.816. The van der Waals surface area contributed by atoms with Crippen molar-refractivity contribution in [2.24, 2.45) is 0 Å². The van der Waals surface area contributed by atoms with E-state index in [4.69, 9.17) is 0 Å². The van der Waals surface area contributed by atoms with Gasteiger partial charge in [0.15, 0.2) is 11.2 Å². The number of anilines is 1. The van der Waals surface area contributed by atoms with Crippen LogP contribution in [-0.2, 0) is 17.5 Å². The van der Waals surface area contributed by atoms with E-state index in [2.05, 4.69) is 30.7 Å². The molecule has 0 saturated heterocycles. The number of fused-ring (bicyclic) bond motifs is 1. The highest BCUT2D eigenvalue weighted by molar-refractivity contribution is 5.93. The molecule has 2 aromatic carbocycles. The van der Waals surface area contributed by atoms with Gasteiger partial charge in [-0.25, -0.2) is 14.6 Å². The fraction of sp³-hybridized carbons (Fsp3) is 0.0952. The molecule has 11 nitrogen and oxygen atoms in total. The van der Waals surface area contributed by atoms with Gasteiger partial charge in [0.05, 0.1) is 22.6 Å². The van der Waals surface area contributed by atoms with E-state index in [9.17, 15) is 22.8 Å². The quantitative estimate of drug-likeness (QED) is 0.408. The van der Waals surface area contributed by atoms with Crippen LogP contribution in [-0.4, -0.2) is 45.2 Å². The number of nitrogens with zero attached hydrogens (tertiary/aromatic N) is 8. The molecule has 3 heterocycles. The normalized spacial score (nSPS) is 11.6. The summed E-state index contributed by atoms with van der Waals surface area (Å²) in [6.45, 7) is -0.521. The Kier molecular flexibility index (Phi) is 5.31. The van der Waals surface area contributed by atoms with Crippen LogP contribution in [0.1, 0.15) is 5.56 Å². The average molecular weight is 481 g/mol. The van der Waals surface area contributed by atoms with Gasteiger partial charge in [0.25, 0.3) is 5.56 Å². The first-order valence-corrected chi connectivity index (χ1v) is 10.0. The highest BCUT2D eigenvalue weighted by Gasteiger charge is 2.31. The molecule has 0 aliphatic rings. The second kappa shape index (κ2) is 8.48. The van der Waals surface area contributed by atoms with E-state index in [1.165, 1.54) is 22.0 Å². The third-order valence-electron chi connectivity index (χ3n) is 5.01. The summed E-state index contributed by atoms with van der Waals surface area (Å²) in [5.74, 6) is -0.760. The molecule has 1 N–H and O–H groups in total. The van der Waals surface area contributed by atoms with E-state index in [-0.39, 0.29) is 22.5 Å². The van der Waals surface area contributed by atoms with Crippen molar-refractivity contribution in [1.82, 2.24) is 39.3 Å². The molecule has 0 radical (unpaired) electrons. The zero-order chi connectivity index (χ0) is 24.6. The molecule has 0 unspecified atom stereocenters. The highest BCUT2D eigenvalue weighted by atomic mass is 19.4. The molecular weight excluding hydrogens is 467 g/mol. The third-order valence-corrected chi connectivity index (χ3v) is 5.01. The molecule has 0 spiro atoms. The first-order chi connectivity index (χ1) is 16.8. The van der Waals surface area contributed by atoms with Gasteiger partial charge in [-0.3, -0.25) is 14.2 Å². The molecule has 1 amide bonds. The maximum Gasteiger partial charge on any atom is 0.416 e. The van der Waals surface area contributed by atoms with Crippen LogP contribution in [0.3, 0.4) is 0 Å². The molecule has 14 heteroatoms. The lowest BCUT2D eigenvalue weighted by molar-refractivity contribution is -0.137. The van der Waals surface area contributed by atoms with Crippen molar-refractivity contribution in [3.05, 3.63) is 83.4 Å². The van der Waals surface area contributed by atoms with E-state index in [1.807, 2.05) is 6.07 Å². The van der Waals surface area contributed by atoms with Gasteiger partial charge >= 0.3 is 6.18 Å². The van der Waals surface area contributed by atoms with Gasteiger partial charge in [-0.1, -0.05) is 23.4 Å². The van der Waals surface area contributed by atoms with Crippen LogP contribution in [0.25, 0.3) is 22.5 Å². The molecule has 5 aromatic rings. The fourth-order valence-electron chi connectivity index (χ4n) is 3.39. The molecule has 0 aliphatic heterocycles. The van der Waals surface area contributed by atoms with Crippen molar-refractivity contribution in [3.63, 3.8) is 0 Å². The molecule has 0 aliphatic carbocycles. The maximum absolute atomic E-state index is 13.2. The Bertz CT molecular complexity index is 1580. The van der Waals surface area contributed by atoms with Gasteiger partial charge in [-0.15, -0.1) is 5.10 Å². The Hall–Kier alpha value is -4.88. The number of alkyl halides is 3. The summed E-state index contributed by atoms with van der Waals surface area (Å²) in [5, 5.41) is 14.1. The number of nitrogens with one attached hydrogen (secondary N) is 1. The summed E-state index contributed by atoms with van der Waals surface area (Å²) >= 11 is 0. The van der Waals surface area contributed by atoms with Crippen molar-refractivity contribution in [3.8, 4) is 11.4 Å². The van der Waals surface area contributed by atoms with Crippen LogP contribution in [0.4, 0.5) is 18.9 Å². The summed E-state index contributed by atoms with van der Waals surface area (Å²) < 4.78 is 43.3. The molecule has 0 saturated carbocycles. The standard InChI is InChI=1S/C21H14F3N9O2/c22-21(23,24)13-6-7-16(32-11-25-10-27-32)15(8-13)28-17(34)9-31-12-26-19-18(20(31)35)29-30-33(19)14-4-2-1-3-5-14/h1-8,10-12H,9H2,(H,28,34). The largest absolute Gasteiger partial charge is 0.416 e. The SMILES string of the molecule is O=C(Cn1cnc2c(nnn2-c2ccccc2)c1=O)Nc1cc(C(F)(F)F)ccc1-n1cncn1. The zero-order valence-corrected chi connectivity index (χ0v) is 17.6. The van der Waals surface area contributed by atoms with Gasteiger partial charge in [0.1, 0.15) is 25.5 Å². The smallest absolute Gasteiger partial charge is 0.323 e. The number of rotatable bonds is 5.